The first-order valence-electron chi connectivity index (χ1n) is 8.28. The molecule has 0 aliphatic carbocycles. The Morgan fingerprint density at radius 2 is 1.96 bits per heavy atom. The Morgan fingerprint density at radius 1 is 1.24 bits per heavy atom. The lowest BCUT2D eigenvalue weighted by Crippen LogP contribution is -2.42. The van der Waals surface area contributed by atoms with Crippen LogP contribution < -0.4 is 15.4 Å². The number of hydrogen-bond donors (Lipinski definition) is 2. The third kappa shape index (κ3) is 4.28. The molecule has 1 atom stereocenters. The van der Waals surface area contributed by atoms with Crippen LogP contribution in [0.25, 0.3) is 0 Å². The van der Waals surface area contributed by atoms with Gasteiger partial charge in [-0.2, -0.15) is 5.26 Å². The Morgan fingerprint density at radius 3 is 2.68 bits per heavy atom. The van der Waals surface area contributed by atoms with Gasteiger partial charge in [0.05, 0.1) is 18.5 Å². The first kappa shape index (κ1) is 17.2. The number of fused-ring (bicyclic) bond motifs is 1. The third-order valence-electron chi connectivity index (χ3n) is 4.18. The number of rotatable bonds is 3. The van der Waals surface area contributed by atoms with E-state index in [1.165, 1.54) is 0 Å². The summed E-state index contributed by atoms with van der Waals surface area (Å²) in [6, 6.07) is 18.0. The number of nitrogens with zero attached hydrogens (tertiary/aromatic N) is 1. The number of thiocarbonyl (C=S) groups is 1. The van der Waals surface area contributed by atoms with Crippen LogP contribution in [-0.4, -0.2) is 10.7 Å². The van der Waals surface area contributed by atoms with Crippen molar-refractivity contribution in [2.45, 2.75) is 38.3 Å². The predicted octanol–water partition coefficient (Wildman–Crippen LogP) is 4.34. The van der Waals surface area contributed by atoms with Crippen molar-refractivity contribution in [3.63, 3.8) is 0 Å². The molecule has 2 aromatic rings. The largest absolute Gasteiger partial charge is 0.487 e. The molecule has 0 spiro atoms. The van der Waals surface area contributed by atoms with Gasteiger partial charge in [-0.05, 0) is 49.8 Å². The minimum absolute atomic E-state index is 0.0952. The van der Waals surface area contributed by atoms with E-state index in [0.29, 0.717) is 11.5 Å². The zero-order valence-corrected chi connectivity index (χ0v) is 15.2. The van der Waals surface area contributed by atoms with Gasteiger partial charge in [0.15, 0.2) is 5.11 Å². The van der Waals surface area contributed by atoms with Crippen LogP contribution in [0.5, 0.6) is 5.75 Å². The lowest BCUT2D eigenvalue weighted by Gasteiger charge is -2.38. The number of nitriles is 1. The van der Waals surface area contributed by atoms with E-state index < -0.39 is 0 Å². The normalized spacial score (nSPS) is 17.6. The maximum Gasteiger partial charge on any atom is 0.171 e. The maximum atomic E-state index is 8.73. The predicted molar refractivity (Wildman–Crippen MR) is 104 cm³/mol. The summed E-state index contributed by atoms with van der Waals surface area (Å²) in [6.07, 6.45) is 1.24. The van der Waals surface area contributed by atoms with E-state index in [0.717, 1.165) is 29.0 Å². The maximum absolute atomic E-state index is 8.73. The molecule has 2 aromatic carbocycles. The van der Waals surface area contributed by atoms with Crippen LogP contribution in [0.4, 0.5) is 5.69 Å². The molecule has 25 heavy (non-hydrogen) atoms. The number of hydrogen-bond acceptors (Lipinski definition) is 3. The van der Waals surface area contributed by atoms with Gasteiger partial charge in [-0.25, -0.2) is 0 Å². The lowest BCUT2D eigenvalue weighted by atomic mass is 9.90. The topological polar surface area (TPSA) is 57.1 Å². The lowest BCUT2D eigenvalue weighted by molar-refractivity contribution is 0.0697. The zero-order chi connectivity index (χ0) is 17.9. The quantitative estimate of drug-likeness (QED) is 0.806. The van der Waals surface area contributed by atoms with Crippen LogP contribution in [0, 0.1) is 11.3 Å². The van der Waals surface area contributed by atoms with Gasteiger partial charge in [0.25, 0.3) is 0 Å². The standard InChI is InChI=1S/C20H21N3OS/c1-20(2)13-17(16-5-3-4-6-18(16)24-20)23-19(25)22-15-9-7-14(8-10-15)11-12-21/h3-10,17H,11,13H2,1-2H3,(H2,22,23,25). The molecular formula is C20H21N3OS. The first-order valence-corrected chi connectivity index (χ1v) is 8.69. The molecule has 0 amide bonds. The molecule has 0 saturated heterocycles. The molecule has 128 valence electrons. The van der Waals surface area contributed by atoms with Crippen molar-refractivity contribution in [1.29, 1.82) is 5.26 Å². The van der Waals surface area contributed by atoms with Crippen LogP contribution >= 0.6 is 12.2 Å². The summed E-state index contributed by atoms with van der Waals surface area (Å²) >= 11 is 5.49. The second-order valence-corrected chi connectivity index (χ2v) is 7.19. The Bertz CT molecular complexity index is 808. The van der Waals surface area contributed by atoms with Gasteiger partial charge in [0.2, 0.25) is 0 Å². The highest BCUT2D eigenvalue weighted by atomic mass is 32.1. The summed E-state index contributed by atoms with van der Waals surface area (Å²) in [5.41, 5.74) is 2.77. The monoisotopic (exact) mass is 351 g/mol. The first-order chi connectivity index (χ1) is 12.0. The number of para-hydroxylation sites is 1. The van der Waals surface area contributed by atoms with Gasteiger partial charge in [-0.3, -0.25) is 0 Å². The van der Waals surface area contributed by atoms with Crippen molar-refractivity contribution in [1.82, 2.24) is 5.32 Å². The molecule has 5 heteroatoms. The van der Waals surface area contributed by atoms with Crippen LogP contribution in [0.1, 0.15) is 37.4 Å². The SMILES string of the molecule is CC1(C)CC(NC(=S)Nc2ccc(CC#N)cc2)c2ccccc2O1. The van der Waals surface area contributed by atoms with E-state index in [2.05, 4.69) is 36.6 Å². The Hall–Kier alpha value is -2.58. The Balaban J connectivity index is 1.69. The van der Waals surface area contributed by atoms with E-state index in [1.54, 1.807) is 0 Å². The molecule has 0 radical (unpaired) electrons. The van der Waals surface area contributed by atoms with Crippen molar-refractivity contribution in [3.8, 4) is 11.8 Å². The second-order valence-electron chi connectivity index (χ2n) is 6.79. The average Bonchev–Trinajstić information content (AvgIpc) is 2.56. The number of anilines is 1. The van der Waals surface area contributed by atoms with Crippen LogP contribution in [0.15, 0.2) is 48.5 Å². The molecular weight excluding hydrogens is 330 g/mol. The molecule has 0 fully saturated rings. The summed E-state index contributed by atoms with van der Waals surface area (Å²) in [4.78, 5) is 0. The third-order valence-corrected chi connectivity index (χ3v) is 4.40. The van der Waals surface area contributed by atoms with Gasteiger partial charge in [0.1, 0.15) is 11.4 Å². The summed E-state index contributed by atoms with van der Waals surface area (Å²) in [5.74, 6) is 0.903. The van der Waals surface area contributed by atoms with Crippen LogP contribution in [-0.2, 0) is 6.42 Å². The zero-order valence-electron chi connectivity index (χ0n) is 14.4. The Kier molecular flexibility index (Phi) is 4.91. The summed E-state index contributed by atoms with van der Waals surface area (Å²) in [6.45, 7) is 4.17. The molecule has 0 saturated carbocycles. The number of nitrogens with one attached hydrogen (secondary N) is 2. The summed E-state index contributed by atoms with van der Waals surface area (Å²) in [7, 11) is 0. The van der Waals surface area contributed by atoms with Gasteiger partial charge >= 0.3 is 0 Å². The number of benzene rings is 2. The van der Waals surface area contributed by atoms with Crippen LogP contribution in [0.3, 0.4) is 0 Å². The molecule has 1 heterocycles. The summed E-state index contributed by atoms with van der Waals surface area (Å²) < 4.78 is 6.06. The fraction of sp³-hybridized carbons (Fsp3) is 0.300. The van der Waals surface area contributed by atoms with Gasteiger partial charge in [-0.15, -0.1) is 0 Å². The van der Waals surface area contributed by atoms with E-state index in [9.17, 15) is 0 Å². The molecule has 1 aliphatic heterocycles. The van der Waals surface area contributed by atoms with E-state index >= 15 is 0 Å². The smallest absolute Gasteiger partial charge is 0.171 e. The minimum atomic E-state index is -0.249. The van der Waals surface area contributed by atoms with Gasteiger partial charge in [-0.1, -0.05) is 30.3 Å². The fourth-order valence-corrected chi connectivity index (χ4v) is 3.31. The number of ether oxygens (including phenoxy) is 1. The highest BCUT2D eigenvalue weighted by Crippen LogP contribution is 2.39. The molecule has 4 nitrogen and oxygen atoms in total. The van der Waals surface area contributed by atoms with Crippen LogP contribution in [0.2, 0.25) is 0 Å². The molecule has 0 aromatic heterocycles. The van der Waals surface area contributed by atoms with Crippen molar-refractivity contribution < 1.29 is 4.74 Å². The molecule has 2 N–H and O–H groups in total. The van der Waals surface area contributed by atoms with E-state index in [-0.39, 0.29) is 11.6 Å². The second kappa shape index (κ2) is 7.12. The van der Waals surface area contributed by atoms with Crippen molar-refractivity contribution in [3.05, 3.63) is 59.7 Å². The van der Waals surface area contributed by atoms with Crippen molar-refractivity contribution >= 4 is 23.0 Å². The molecule has 0 bridgehead atoms. The van der Waals surface area contributed by atoms with E-state index in [1.807, 2.05) is 42.5 Å². The molecule has 3 rings (SSSR count). The summed E-state index contributed by atoms with van der Waals surface area (Å²) in [5, 5.41) is 15.9. The van der Waals surface area contributed by atoms with Crippen molar-refractivity contribution in [2.24, 2.45) is 0 Å². The van der Waals surface area contributed by atoms with E-state index in [4.69, 9.17) is 22.2 Å². The fourth-order valence-electron chi connectivity index (χ4n) is 3.05. The average molecular weight is 351 g/mol. The minimum Gasteiger partial charge on any atom is -0.487 e. The van der Waals surface area contributed by atoms with Gasteiger partial charge in [0, 0.05) is 17.7 Å². The Labute approximate surface area is 153 Å². The highest BCUT2D eigenvalue weighted by Gasteiger charge is 2.33. The van der Waals surface area contributed by atoms with Crippen molar-refractivity contribution in [2.75, 3.05) is 5.32 Å². The van der Waals surface area contributed by atoms with Gasteiger partial charge < -0.3 is 15.4 Å². The molecule has 1 unspecified atom stereocenters. The molecule has 1 aliphatic rings. The highest BCUT2D eigenvalue weighted by molar-refractivity contribution is 7.80.